The molecule has 1 unspecified atom stereocenters. The quantitative estimate of drug-likeness (QED) is 0.834. The van der Waals surface area contributed by atoms with E-state index in [2.05, 4.69) is 55.7 Å². The summed E-state index contributed by atoms with van der Waals surface area (Å²) in [6.45, 7) is 10.4. The molecule has 0 aromatic carbocycles. The number of methoxy groups -OCH3 is 1. The summed E-state index contributed by atoms with van der Waals surface area (Å²) >= 11 is 0. The third-order valence-electron chi connectivity index (χ3n) is 4.37. The van der Waals surface area contributed by atoms with Crippen LogP contribution in [0.5, 0.6) is 0 Å². The van der Waals surface area contributed by atoms with Crippen LogP contribution in [0.2, 0.25) is 0 Å². The highest BCUT2D eigenvalue weighted by atomic mass is 16.5. The summed E-state index contributed by atoms with van der Waals surface area (Å²) in [6, 6.07) is 2.06. The Morgan fingerprint density at radius 1 is 1.35 bits per heavy atom. The maximum atomic E-state index is 5.28. The predicted molar refractivity (Wildman–Crippen MR) is 94.9 cm³/mol. The molecule has 0 bridgehead atoms. The number of hydrogen-bond donors (Lipinski definition) is 0. The molecule has 0 N–H and O–H groups in total. The van der Waals surface area contributed by atoms with Crippen molar-refractivity contribution in [2.24, 2.45) is 5.92 Å². The van der Waals surface area contributed by atoms with Crippen LogP contribution in [-0.4, -0.2) is 55.7 Å². The monoisotopic (exact) mass is 320 g/mol. The van der Waals surface area contributed by atoms with E-state index in [0.29, 0.717) is 12.5 Å². The summed E-state index contributed by atoms with van der Waals surface area (Å²) in [5, 5.41) is 0. The highest BCUT2D eigenvalue weighted by molar-refractivity contribution is 5.39. The second kappa shape index (κ2) is 7.58. The molecular weight excluding hydrogens is 288 g/mol. The maximum Gasteiger partial charge on any atom is 0.136 e. The molecule has 1 fully saturated rings. The van der Waals surface area contributed by atoms with Crippen LogP contribution in [0.15, 0.2) is 6.07 Å². The summed E-state index contributed by atoms with van der Waals surface area (Å²) in [5.41, 5.74) is 0.889. The molecule has 1 aliphatic heterocycles. The average Bonchev–Trinajstić information content (AvgIpc) is 2.46. The van der Waals surface area contributed by atoms with Crippen LogP contribution in [0, 0.1) is 5.92 Å². The van der Waals surface area contributed by atoms with Gasteiger partial charge < -0.3 is 14.5 Å². The topological polar surface area (TPSA) is 41.5 Å². The lowest BCUT2D eigenvalue weighted by atomic mass is 9.95. The molecule has 0 radical (unpaired) electrons. The van der Waals surface area contributed by atoms with E-state index in [-0.39, 0.29) is 5.41 Å². The van der Waals surface area contributed by atoms with Crippen molar-refractivity contribution < 1.29 is 4.74 Å². The Morgan fingerprint density at radius 2 is 2.09 bits per heavy atom. The minimum Gasteiger partial charge on any atom is -0.378 e. The predicted octanol–water partition coefficient (Wildman–Crippen LogP) is 2.70. The fraction of sp³-hybridized carbons (Fsp3) is 0.778. The van der Waals surface area contributed by atoms with E-state index in [1.165, 1.54) is 25.9 Å². The van der Waals surface area contributed by atoms with Crippen LogP contribution >= 0.6 is 0 Å². The van der Waals surface area contributed by atoms with Gasteiger partial charge in [0.1, 0.15) is 11.6 Å². The van der Waals surface area contributed by atoms with E-state index >= 15 is 0 Å². The number of likely N-dealkylation sites (tertiary alicyclic amines) is 1. The molecule has 2 rings (SSSR count). The van der Waals surface area contributed by atoms with Gasteiger partial charge in [0.05, 0.1) is 12.3 Å². The van der Waals surface area contributed by atoms with Gasteiger partial charge >= 0.3 is 0 Å². The Bertz CT molecular complexity index is 512. The molecule has 0 amide bonds. The van der Waals surface area contributed by atoms with Crippen molar-refractivity contribution in [3.05, 3.63) is 17.6 Å². The van der Waals surface area contributed by atoms with Crippen LogP contribution in [0.4, 0.5) is 5.82 Å². The van der Waals surface area contributed by atoms with Gasteiger partial charge in [0, 0.05) is 38.7 Å². The van der Waals surface area contributed by atoms with Crippen molar-refractivity contribution in [3.63, 3.8) is 0 Å². The van der Waals surface area contributed by atoms with Crippen molar-refractivity contribution >= 4 is 5.82 Å². The maximum absolute atomic E-state index is 5.28. The zero-order valence-corrected chi connectivity index (χ0v) is 15.6. The Balaban J connectivity index is 2.17. The molecule has 2 heterocycles. The first-order valence-corrected chi connectivity index (χ1v) is 8.56. The first-order valence-electron chi connectivity index (χ1n) is 8.56. The smallest absolute Gasteiger partial charge is 0.136 e. The molecule has 5 heteroatoms. The van der Waals surface area contributed by atoms with Gasteiger partial charge in [-0.25, -0.2) is 9.97 Å². The van der Waals surface area contributed by atoms with Gasteiger partial charge in [0.15, 0.2) is 0 Å². The van der Waals surface area contributed by atoms with Gasteiger partial charge in [-0.2, -0.15) is 0 Å². The fourth-order valence-corrected chi connectivity index (χ4v) is 3.14. The largest absolute Gasteiger partial charge is 0.378 e. The molecule has 5 nitrogen and oxygen atoms in total. The Morgan fingerprint density at radius 3 is 2.70 bits per heavy atom. The van der Waals surface area contributed by atoms with Gasteiger partial charge in [0.2, 0.25) is 0 Å². The third-order valence-corrected chi connectivity index (χ3v) is 4.37. The van der Waals surface area contributed by atoms with E-state index in [1.807, 2.05) is 0 Å². The van der Waals surface area contributed by atoms with Gasteiger partial charge in [-0.3, -0.25) is 0 Å². The average molecular weight is 320 g/mol. The number of ether oxygens (including phenoxy) is 1. The summed E-state index contributed by atoms with van der Waals surface area (Å²) < 4.78 is 5.28. The van der Waals surface area contributed by atoms with Crippen molar-refractivity contribution in [2.45, 2.75) is 45.6 Å². The highest BCUT2D eigenvalue weighted by Crippen LogP contribution is 2.24. The second-order valence-corrected chi connectivity index (χ2v) is 7.88. The lowest BCUT2D eigenvalue weighted by Gasteiger charge is -2.33. The minimum absolute atomic E-state index is 0.0651. The number of aromatic nitrogens is 2. The molecule has 23 heavy (non-hydrogen) atoms. The molecule has 1 aromatic heterocycles. The van der Waals surface area contributed by atoms with Crippen LogP contribution in [0.1, 0.15) is 45.1 Å². The fourth-order valence-electron chi connectivity index (χ4n) is 3.14. The Kier molecular flexibility index (Phi) is 5.98. The van der Waals surface area contributed by atoms with Crippen LogP contribution in [-0.2, 0) is 16.8 Å². The Labute approximate surface area is 141 Å². The molecule has 0 saturated carbocycles. The minimum atomic E-state index is -0.0651. The van der Waals surface area contributed by atoms with E-state index in [9.17, 15) is 0 Å². The van der Waals surface area contributed by atoms with Crippen molar-refractivity contribution in [1.29, 1.82) is 0 Å². The molecular formula is C18H32N4O. The number of rotatable bonds is 5. The summed E-state index contributed by atoms with van der Waals surface area (Å²) in [7, 11) is 6.06. The van der Waals surface area contributed by atoms with E-state index in [4.69, 9.17) is 9.72 Å². The lowest BCUT2D eigenvalue weighted by molar-refractivity contribution is 0.181. The van der Waals surface area contributed by atoms with Gasteiger partial charge in [0.25, 0.3) is 0 Å². The van der Waals surface area contributed by atoms with Gasteiger partial charge in [-0.15, -0.1) is 0 Å². The normalized spacial score (nSPS) is 19.8. The number of nitrogens with zero attached hydrogens (tertiary/aromatic N) is 4. The third kappa shape index (κ3) is 5.15. The van der Waals surface area contributed by atoms with Crippen LogP contribution < -0.4 is 4.90 Å². The SMILES string of the molecule is COCc1cc(N(C)CC2CCCN(C)C2)nc(C(C)(C)C)n1. The van der Waals surface area contributed by atoms with Crippen molar-refractivity contribution in [1.82, 2.24) is 14.9 Å². The standard InChI is InChI=1S/C18H32N4O/c1-18(2,3)17-19-15(13-23-6)10-16(20-17)22(5)12-14-8-7-9-21(4)11-14/h10,14H,7-9,11-13H2,1-6H3. The first-order chi connectivity index (χ1) is 10.8. The first kappa shape index (κ1) is 18.1. The molecule has 1 aliphatic rings. The van der Waals surface area contributed by atoms with Crippen molar-refractivity contribution in [3.8, 4) is 0 Å². The van der Waals surface area contributed by atoms with E-state index in [1.54, 1.807) is 7.11 Å². The van der Waals surface area contributed by atoms with Crippen molar-refractivity contribution in [2.75, 3.05) is 45.7 Å². The number of hydrogen-bond acceptors (Lipinski definition) is 5. The molecule has 0 spiro atoms. The summed E-state index contributed by atoms with van der Waals surface area (Å²) in [5.74, 6) is 2.59. The highest BCUT2D eigenvalue weighted by Gasteiger charge is 2.22. The Hall–Kier alpha value is -1.20. The number of anilines is 1. The van der Waals surface area contributed by atoms with E-state index < -0.39 is 0 Å². The summed E-state index contributed by atoms with van der Waals surface area (Å²) in [6.07, 6.45) is 2.60. The zero-order chi connectivity index (χ0) is 17.0. The van der Waals surface area contributed by atoms with Gasteiger partial charge in [-0.1, -0.05) is 20.8 Å². The molecule has 1 atom stereocenters. The number of piperidine rings is 1. The molecule has 1 saturated heterocycles. The second-order valence-electron chi connectivity index (χ2n) is 7.88. The van der Waals surface area contributed by atoms with Gasteiger partial charge in [-0.05, 0) is 32.4 Å². The summed E-state index contributed by atoms with van der Waals surface area (Å²) in [4.78, 5) is 14.2. The molecule has 130 valence electrons. The molecule has 1 aromatic rings. The van der Waals surface area contributed by atoms with Crippen LogP contribution in [0.25, 0.3) is 0 Å². The van der Waals surface area contributed by atoms with E-state index in [0.717, 1.165) is 23.9 Å². The van der Waals surface area contributed by atoms with Crippen LogP contribution in [0.3, 0.4) is 0 Å². The zero-order valence-electron chi connectivity index (χ0n) is 15.6. The lowest BCUT2D eigenvalue weighted by Crippen LogP contribution is -2.38. The molecule has 0 aliphatic carbocycles.